The van der Waals surface area contributed by atoms with Crippen LogP contribution in [0.3, 0.4) is 0 Å². The van der Waals surface area contributed by atoms with Crippen molar-refractivity contribution in [3.63, 3.8) is 0 Å². The predicted octanol–water partition coefficient (Wildman–Crippen LogP) is 2.42. The molecule has 0 rings (SSSR count). The standard InChI is InChI=1S/C12H27NO/c1-6-13-12(9-14,7-10(2)3)8-11(4)5/h10-11,13-14H,6-9H2,1-5H3. The van der Waals surface area contributed by atoms with Crippen LogP contribution in [0.4, 0.5) is 0 Å². The fourth-order valence-corrected chi connectivity index (χ4v) is 2.35. The smallest absolute Gasteiger partial charge is 0.0613 e. The molecule has 0 aromatic heterocycles. The van der Waals surface area contributed by atoms with Crippen LogP contribution in [-0.2, 0) is 0 Å². The van der Waals surface area contributed by atoms with Gasteiger partial charge in [0.2, 0.25) is 0 Å². The largest absolute Gasteiger partial charge is 0.394 e. The lowest BCUT2D eigenvalue weighted by molar-refractivity contribution is 0.118. The third-order valence-electron chi connectivity index (χ3n) is 2.45. The quantitative estimate of drug-likeness (QED) is 0.663. The van der Waals surface area contributed by atoms with Crippen molar-refractivity contribution in [2.45, 2.75) is 53.0 Å². The average molecular weight is 201 g/mol. The minimum Gasteiger partial charge on any atom is -0.394 e. The Morgan fingerprint density at radius 3 is 1.71 bits per heavy atom. The number of rotatable bonds is 7. The van der Waals surface area contributed by atoms with Crippen LogP contribution < -0.4 is 5.32 Å². The van der Waals surface area contributed by atoms with E-state index in [2.05, 4.69) is 39.9 Å². The lowest BCUT2D eigenvalue weighted by atomic mass is 9.82. The topological polar surface area (TPSA) is 32.3 Å². The SMILES string of the molecule is CCNC(CO)(CC(C)C)CC(C)C. The molecule has 0 saturated heterocycles. The van der Waals surface area contributed by atoms with Crippen LogP contribution in [-0.4, -0.2) is 23.8 Å². The third kappa shape index (κ3) is 4.97. The molecular formula is C12H27NO. The van der Waals surface area contributed by atoms with E-state index in [0.717, 1.165) is 19.4 Å². The van der Waals surface area contributed by atoms with Gasteiger partial charge in [0.15, 0.2) is 0 Å². The number of aliphatic hydroxyl groups excluding tert-OH is 1. The van der Waals surface area contributed by atoms with Crippen LogP contribution >= 0.6 is 0 Å². The van der Waals surface area contributed by atoms with Gasteiger partial charge < -0.3 is 10.4 Å². The van der Waals surface area contributed by atoms with Crippen LogP contribution in [0.2, 0.25) is 0 Å². The molecule has 0 aliphatic carbocycles. The highest BCUT2D eigenvalue weighted by atomic mass is 16.3. The Hall–Kier alpha value is -0.0800. The number of hydrogen-bond donors (Lipinski definition) is 2. The second-order valence-corrected chi connectivity index (χ2v) is 5.16. The normalized spacial score (nSPS) is 12.9. The predicted molar refractivity (Wildman–Crippen MR) is 62.4 cm³/mol. The van der Waals surface area contributed by atoms with Crippen LogP contribution in [0, 0.1) is 11.8 Å². The fraction of sp³-hybridized carbons (Fsp3) is 1.00. The van der Waals surface area contributed by atoms with Crippen molar-refractivity contribution in [2.24, 2.45) is 11.8 Å². The summed E-state index contributed by atoms with van der Waals surface area (Å²) < 4.78 is 0. The summed E-state index contributed by atoms with van der Waals surface area (Å²) in [6.07, 6.45) is 2.10. The first-order valence-electron chi connectivity index (χ1n) is 5.81. The van der Waals surface area contributed by atoms with E-state index in [0.29, 0.717) is 11.8 Å². The highest BCUT2D eigenvalue weighted by Crippen LogP contribution is 2.24. The molecule has 0 saturated carbocycles. The zero-order valence-electron chi connectivity index (χ0n) is 10.4. The molecule has 2 nitrogen and oxygen atoms in total. The molecule has 0 fully saturated rings. The summed E-state index contributed by atoms with van der Waals surface area (Å²) in [5.74, 6) is 1.25. The minimum absolute atomic E-state index is 0.0584. The Kier molecular flexibility index (Phi) is 6.38. The summed E-state index contributed by atoms with van der Waals surface area (Å²) in [6.45, 7) is 12.1. The van der Waals surface area contributed by atoms with Gasteiger partial charge in [-0.15, -0.1) is 0 Å². The molecule has 0 aliphatic heterocycles. The van der Waals surface area contributed by atoms with Gasteiger partial charge in [0.25, 0.3) is 0 Å². The van der Waals surface area contributed by atoms with Crippen LogP contribution in [0.25, 0.3) is 0 Å². The van der Waals surface area contributed by atoms with Gasteiger partial charge in [0.1, 0.15) is 0 Å². The van der Waals surface area contributed by atoms with Gasteiger partial charge in [-0.2, -0.15) is 0 Å². The maximum absolute atomic E-state index is 9.54. The van der Waals surface area contributed by atoms with Crippen molar-refractivity contribution in [3.8, 4) is 0 Å². The monoisotopic (exact) mass is 201 g/mol. The number of aliphatic hydroxyl groups is 1. The second-order valence-electron chi connectivity index (χ2n) is 5.16. The molecule has 2 N–H and O–H groups in total. The number of nitrogens with one attached hydrogen (secondary N) is 1. The van der Waals surface area contributed by atoms with Crippen LogP contribution in [0.15, 0.2) is 0 Å². The molecule has 86 valence electrons. The van der Waals surface area contributed by atoms with Crippen molar-refractivity contribution in [1.82, 2.24) is 5.32 Å². The zero-order valence-corrected chi connectivity index (χ0v) is 10.4. The molecule has 0 radical (unpaired) electrons. The Morgan fingerprint density at radius 2 is 1.50 bits per heavy atom. The number of likely N-dealkylation sites (N-methyl/N-ethyl adjacent to an activating group) is 1. The first-order valence-corrected chi connectivity index (χ1v) is 5.81. The highest BCUT2D eigenvalue weighted by molar-refractivity contribution is 4.88. The molecule has 0 aromatic carbocycles. The van der Waals surface area contributed by atoms with Gasteiger partial charge in [-0.05, 0) is 31.2 Å². The molecule has 14 heavy (non-hydrogen) atoms. The van der Waals surface area contributed by atoms with Gasteiger partial charge in [-0.25, -0.2) is 0 Å². The van der Waals surface area contributed by atoms with Gasteiger partial charge in [0, 0.05) is 5.54 Å². The lowest BCUT2D eigenvalue weighted by Crippen LogP contribution is -2.50. The average Bonchev–Trinajstić information content (AvgIpc) is 2.02. The van der Waals surface area contributed by atoms with Crippen molar-refractivity contribution in [2.75, 3.05) is 13.2 Å². The van der Waals surface area contributed by atoms with E-state index < -0.39 is 0 Å². The second kappa shape index (κ2) is 6.41. The molecule has 0 bridgehead atoms. The Balaban J connectivity index is 4.42. The zero-order chi connectivity index (χ0) is 11.2. The van der Waals surface area contributed by atoms with E-state index in [1.54, 1.807) is 0 Å². The minimum atomic E-state index is -0.0584. The van der Waals surface area contributed by atoms with E-state index in [4.69, 9.17) is 0 Å². The fourth-order valence-electron chi connectivity index (χ4n) is 2.35. The maximum atomic E-state index is 9.54. The summed E-state index contributed by atoms with van der Waals surface area (Å²) in [7, 11) is 0. The molecule has 0 amide bonds. The van der Waals surface area contributed by atoms with Gasteiger partial charge in [0.05, 0.1) is 6.61 Å². The molecule has 0 atom stereocenters. The van der Waals surface area contributed by atoms with E-state index in [9.17, 15) is 5.11 Å². The molecular weight excluding hydrogens is 174 g/mol. The summed E-state index contributed by atoms with van der Waals surface area (Å²) >= 11 is 0. The van der Waals surface area contributed by atoms with E-state index in [1.165, 1.54) is 0 Å². The van der Waals surface area contributed by atoms with Crippen molar-refractivity contribution in [1.29, 1.82) is 0 Å². The van der Waals surface area contributed by atoms with Gasteiger partial charge >= 0.3 is 0 Å². The number of hydrogen-bond acceptors (Lipinski definition) is 2. The molecule has 2 heteroatoms. The third-order valence-corrected chi connectivity index (χ3v) is 2.45. The van der Waals surface area contributed by atoms with Crippen molar-refractivity contribution < 1.29 is 5.11 Å². The summed E-state index contributed by atoms with van der Waals surface area (Å²) in [5.41, 5.74) is -0.0584. The Bertz CT molecular complexity index is 133. The lowest BCUT2D eigenvalue weighted by Gasteiger charge is -2.36. The van der Waals surface area contributed by atoms with E-state index >= 15 is 0 Å². The first-order chi connectivity index (χ1) is 6.45. The molecule has 0 heterocycles. The molecule has 0 aromatic rings. The van der Waals surface area contributed by atoms with Crippen molar-refractivity contribution >= 4 is 0 Å². The van der Waals surface area contributed by atoms with Crippen LogP contribution in [0.1, 0.15) is 47.5 Å². The van der Waals surface area contributed by atoms with Crippen LogP contribution in [0.5, 0.6) is 0 Å². The Morgan fingerprint density at radius 1 is 1.07 bits per heavy atom. The first kappa shape index (κ1) is 13.9. The summed E-state index contributed by atoms with van der Waals surface area (Å²) in [6, 6.07) is 0. The summed E-state index contributed by atoms with van der Waals surface area (Å²) in [4.78, 5) is 0. The van der Waals surface area contributed by atoms with Gasteiger partial charge in [-0.3, -0.25) is 0 Å². The maximum Gasteiger partial charge on any atom is 0.0613 e. The molecule has 0 aliphatic rings. The summed E-state index contributed by atoms with van der Waals surface area (Å²) in [5, 5.41) is 13.0. The Labute approximate surface area is 89.1 Å². The van der Waals surface area contributed by atoms with E-state index in [1.807, 2.05) is 0 Å². The highest BCUT2D eigenvalue weighted by Gasteiger charge is 2.29. The van der Waals surface area contributed by atoms with Gasteiger partial charge in [-0.1, -0.05) is 34.6 Å². The molecule has 0 spiro atoms. The van der Waals surface area contributed by atoms with E-state index in [-0.39, 0.29) is 12.1 Å². The molecule has 0 unspecified atom stereocenters. The van der Waals surface area contributed by atoms with Crippen molar-refractivity contribution in [3.05, 3.63) is 0 Å².